The highest BCUT2D eigenvalue weighted by Crippen LogP contribution is 2.21. The SMILES string of the molecule is CC(C)=CCOc1cccc(CNC(=O)c2ccc3ncccc3c2)c1F. The van der Waals surface area contributed by atoms with E-state index < -0.39 is 5.82 Å². The molecule has 0 aliphatic rings. The summed E-state index contributed by atoms with van der Waals surface area (Å²) in [6.45, 7) is 4.29. The molecule has 1 heterocycles. The average Bonchev–Trinajstić information content (AvgIpc) is 2.67. The minimum Gasteiger partial charge on any atom is -0.486 e. The Labute approximate surface area is 157 Å². The van der Waals surface area contributed by atoms with Crippen molar-refractivity contribution >= 4 is 16.8 Å². The number of benzene rings is 2. The third kappa shape index (κ3) is 4.70. The molecule has 0 aliphatic heterocycles. The molecule has 1 aromatic heterocycles. The third-order valence-electron chi connectivity index (χ3n) is 4.08. The van der Waals surface area contributed by atoms with Gasteiger partial charge in [0.1, 0.15) is 6.61 Å². The van der Waals surface area contributed by atoms with Gasteiger partial charge in [0.2, 0.25) is 0 Å². The highest BCUT2D eigenvalue weighted by molar-refractivity contribution is 5.97. The van der Waals surface area contributed by atoms with Gasteiger partial charge >= 0.3 is 0 Å². The summed E-state index contributed by atoms with van der Waals surface area (Å²) in [5.74, 6) is -0.547. The zero-order valence-electron chi connectivity index (χ0n) is 15.3. The average molecular weight is 364 g/mol. The molecule has 1 N–H and O–H groups in total. The zero-order valence-corrected chi connectivity index (χ0v) is 15.3. The van der Waals surface area contributed by atoms with Crippen LogP contribution in [0.2, 0.25) is 0 Å². The van der Waals surface area contributed by atoms with Crippen molar-refractivity contribution in [2.24, 2.45) is 0 Å². The Hall–Kier alpha value is -3.21. The van der Waals surface area contributed by atoms with E-state index in [-0.39, 0.29) is 18.2 Å². The molecule has 0 saturated carbocycles. The third-order valence-corrected chi connectivity index (χ3v) is 4.08. The summed E-state index contributed by atoms with van der Waals surface area (Å²) in [6.07, 6.45) is 3.58. The van der Waals surface area contributed by atoms with Gasteiger partial charge in [0.25, 0.3) is 5.91 Å². The summed E-state index contributed by atoms with van der Waals surface area (Å²) in [5.41, 5.74) is 2.80. The van der Waals surface area contributed by atoms with Gasteiger partial charge in [0, 0.05) is 29.3 Å². The van der Waals surface area contributed by atoms with Gasteiger partial charge in [-0.3, -0.25) is 9.78 Å². The molecule has 4 nitrogen and oxygen atoms in total. The van der Waals surface area contributed by atoms with Crippen molar-refractivity contribution in [1.82, 2.24) is 10.3 Å². The van der Waals surface area contributed by atoms with Crippen LogP contribution in [0.3, 0.4) is 0 Å². The lowest BCUT2D eigenvalue weighted by Crippen LogP contribution is -2.23. The van der Waals surface area contributed by atoms with Gasteiger partial charge in [-0.05, 0) is 50.3 Å². The van der Waals surface area contributed by atoms with Crippen molar-refractivity contribution in [2.75, 3.05) is 6.61 Å². The van der Waals surface area contributed by atoms with Crippen LogP contribution in [-0.4, -0.2) is 17.5 Å². The predicted molar refractivity (Wildman–Crippen MR) is 104 cm³/mol. The topological polar surface area (TPSA) is 51.2 Å². The molecule has 0 radical (unpaired) electrons. The fraction of sp³-hybridized carbons (Fsp3) is 0.182. The van der Waals surface area contributed by atoms with Crippen LogP contribution < -0.4 is 10.1 Å². The molecule has 138 valence electrons. The van der Waals surface area contributed by atoms with Crippen molar-refractivity contribution in [3.05, 3.63) is 83.3 Å². The van der Waals surface area contributed by atoms with E-state index in [1.54, 1.807) is 42.6 Å². The van der Waals surface area contributed by atoms with Gasteiger partial charge in [-0.15, -0.1) is 0 Å². The summed E-state index contributed by atoms with van der Waals surface area (Å²) in [7, 11) is 0. The molecule has 0 saturated heterocycles. The van der Waals surface area contributed by atoms with E-state index in [0.29, 0.717) is 17.7 Å². The maximum Gasteiger partial charge on any atom is 0.251 e. The number of aromatic nitrogens is 1. The number of nitrogens with one attached hydrogen (secondary N) is 1. The van der Waals surface area contributed by atoms with E-state index in [1.807, 2.05) is 32.1 Å². The quantitative estimate of drug-likeness (QED) is 0.648. The predicted octanol–water partition coefficient (Wildman–Crippen LogP) is 4.65. The molecule has 0 unspecified atom stereocenters. The van der Waals surface area contributed by atoms with Gasteiger partial charge in [0.05, 0.1) is 5.52 Å². The molecule has 2 aromatic carbocycles. The number of halogens is 1. The van der Waals surface area contributed by atoms with Crippen LogP contribution in [0, 0.1) is 5.82 Å². The summed E-state index contributed by atoms with van der Waals surface area (Å²) < 4.78 is 20.0. The lowest BCUT2D eigenvalue weighted by Gasteiger charge is -2.10. The van der Waals surface area contributed by atoms with Gasteiger partial charge in [0.15, 0.2) is 11.6 Å². The Morgan fingerprint density at radius 3 is 2.85 bits per heavy atom. The van der Waals surface area contributed by atoms with Crippen molar-refractivity contribution < 1.29 is 13.9 Å². The largest absolute Gasteiger partial charge is 0.486 e. The van der Waals surface area contributed by atoms with Crippen LogP contribution in [0.1, 0.15) is 29.8 Å². The molecule has 0 bridgehead atoms. The van der Waals surface area contributed by atoms with Gasteiger partial charge < -0.3 is 10.1 Å². The van der Waals surface area contributed by atoms with E-state index >= 15 is 0 Å². The van der Waals surface area contributed by atoms with Crippen LogP contribution >= 0.6 is 0 Å². The van der Waals surface area contributed by atoms with E-state index in [9.17, 15) is 9.18 Å². The molecule has 0 aliphatic carbocycles. The molecular formula is C22H21FN2O2. The number of carbonyl (C=O) groups excluding carboxylic acids is 1. The molecule has 0 atom stereocenters. The highest BCUT2D eigenvalue weighted by Gasteiger charge is 2.11. The lowest BCUT2D eigenvalue weighted by molar-refractivity contribution is 0.0950. The first kappa shape index (κ1) is 18.6. The summed E-state index contributed by atoms with van der Waals surface area (Å²) in [6, 6.07) is 13.9. The number of allylic oxidation sites excluding steroid dienone is 1. The molecular weight excluding hydrogens is 343 g/mol. The smallest absolute Gasteiger partial charge is 0.251 e. The zero-order chi connectivity index (χ0) is 19.2. The number of nitrogens with zero attached hydrogens (tertiary/aromatic N) is 1. The van der Waals surface area contributed by atoms with Gasteiger partial charge in [-0.25, -0.2) is 4.39 Å². The molecule has 0 fully saturated rings. The first-order valence-corrected chi connectivity index (χ1v) is 8.71. The second-order valence-corrected chi connectivity index (χ2v) is 6.42. The Balaban J connectivity index is 1.68. The van der Waals surface area contributed by atoms with Gasteiger partial charge in [-0.2, -0.15) is 0 Å². The van der Waals surface area contributed by atoms with Gasteiger partial charge in [-0.1, -0.05) is 23.8 Å². The standard InChI is InChI=1S/C22H21FN2O2/c1-15(2)10-12-27-20-7-3-5-18(21(20)23)14-25-22(26)17-8-9-19-16(13-17)6-4-11-24-19/h3-11,13H,12,14H2,1-2H3,(H,25,26). The maximum atomic E-state index is 14.6. The summed E-state index contributed by atoms with van der Waals surface area (Å²) in [4.78, 5) is 16.6. The molecule has 1 amide bonds. The number of rotatable bonds is 6. The van der Waals surface area contributed by atoms with E-state index in [0.717, 1.165) is 16.5 Å². The van der Waals surface area contributed by atoms with Crippen LogP contribution in [0.15, 0.2) is 66.4 Å². The van der Waals surface area contributed by atoms with Crippen LogP contribution in [-0.2, 0) is 6.54 Å². The first-order chi connectivity index (χ1) is 13.0. The van der Waals surface area contributed by atoms with Crippen molar-refractivity contribution in [1.29, 1.82) is 0 Å². The number of hydrogen-bond acceptors (Lipinski definition) is 3. The summed E-state index contributed by atoms with van der Waals surface area (Å²) in [5, 5.41) is 3.64. The minimum absolute atomic E-state index is 0.0790. The fourth-order valence-corrected chi connectivity index (χ4v) is 2.60. The maximum absolute atomic E-state index is 14.6. The highest BCUT2D eigenvalue weighted by atomic mass is 19.1. The monoisotopic (exact) mass is 364 g/mol. The molecule has 3 rings (SSSR count). The van der Waals surface area contributed by atoms with Crippen LogP contribution in [0.5, 0.6) is 5.75 Å². The Bertz CT molecular complexity index is 995. The number of fused-ring (bicyclic) bond motifs is 1. The second kappa shape index (κ2) is 8.45. The summed E-state index contributed by atoms with van der Waals surface area (Å²) >= 11 is 0. The lowest BCUT2D eigenvalue weighted by atomic mass is 10.1. The minimum atomic E-state index is -0.456. The van der Waals surface area contributed by atoms with Crippen LogP contribution in [0.4, 0.5) is 4.39 Å². The molecule has 3 aromatic rings. The molecule has 0 spiro atoms. The number of pyridine rings is 1. The molecule has 27 heavy (non-hydrogen) atoms. The Kier molecular flexibility index (Phi) is 5.81. The Morgan fingerprint density at radius 1 is 1.19 bits per heavy atom. The first-order valence-electron chi connectivity index (χ1n) is 8.71. The normalized spacial score (nSPS) is 10.5. The number of hydrogen-bond donors (Lipinski definition) is 1. The Morgan fingerprint density at radius 2 is 2.04 bits per heavy atom. The van der Waals surface area contributed by atoms with E-state index in [4.69, 9.17) is 4.74 Å². The second-order valence-electron chi connectivity index (χ2n) is 6.42. The van der Waals surface area contributed by atoms with Crippen LogP contribution in [0.25, 0.3) is 10.9 Å². The fourth-order valence-electron chi connectivity index (χ4n) is 2.60. The number of carbonyl (C=O) groups is 1. The number of amides is 1. The van der Waals surface area contributed by atoms with Crippen molar-refractivity contribution in [3.63, 3.8) is 0 Å². The van der Waals surface area contributed by atoms with E-state index in [1.165, 1.54) is 0 Å². The van der Waals surface area contributed by atoms with E-state index in [2.05, 4.69) is 10.3 Å². The van der Waals surface area contributed by atoms with Crippen molar-refractivity contribution in [3.8, 4) is 5.75 Å². The molecule has 5 heteroatoms. The van der Waals surface area contributed by atoms with Crippen molar-refractivity contribution in [2.45, 2.75) is 20.4 Å². The number of ether oxygens (including phenoxy) is 1.